The molecule has 3 aromatic carbocycles. The number of carbonyl (C=O) groups excluding carboxylic acids is 2. The molecule has 4 N–H and O–H groups in total. The van der Waals surface area contributed by atoms with Gasteiger partial charge in [0, 0.05) is 11.4 Å². The van der Waals surface area contributed by atoms with E-state index < -0.39 is 5.91 Å². The Morgan fingerprint density at radius 3 is 2.59 bits per heavy atom. The highest BCUT2D eigenvalue weighted by Crippen LogP contribution is 2.27. The lowest BCUT2D eigenvalue weighted by Crippen LogP contribution is -2.20. The minimum absolute atomic E-state index is 0.174. The average Bonchev–Trinajstić information content (AvgIpc) is 2.78. The minimum atomic E-state index is -0.411. The topological polar surface area (TPSA) is 115 Å². The second-order valence-corrected chi connectivity index (χ2v) is 6.90. The van der Waals surface area contributed by atoms with Gasteiger partial charge in [0.1, 0.15) is 0 Å². The molecule has 0 atom stereocenters. The molecule has 0 saturated heterocycles. The highest BCUT2D eigenvalue weighted by Gasteiger charge is 2.10. The van der Waals surface area contributed by atoms with Gasteiger partial charge in [0.25, 0.3) is 11.8 Å². The molecule has 2 amide bonds. The fraction of sp³-hybridized carbons (Fsp3) is 0.125. The van der Waals surface area contributed by atoms with Crippen molar-refractivity contribution in [1.82, 2.24) is 5.43 Å². The van der Waals surface area contributed by atoms with E-state index in [2.05, 4.69) is 15.8 Å². The third-order valence-corrected chi connectivity index (χ3v) is 4.43. The molecule has 0 fully saturated rings. The van der Waals surface area contributed by atoms with Crippen molar-refractivity contribution in [3.8, 4) is 11.5 Å². The number of amides is 2. The van der Waals surface area contributed by atoms with Crippen molar-refractivity contribution in [2.75, 3.05) is 24.8 Å². The number of rotatable bonds is 8. The van der Waals surface area contributed by atoms with Crippen LogP contribution >= 0.6 is 0 Å². The van der Waals surface area contributed by atoms with Crippen LogP contribution in [-0.4, -0.2) is 31.7 Å². The number of hydrogen-bond acceptors (Lipinski definition) is 6. The van der Waals surface area contributed by atoms with Crippen LogP contribution in [-0.2, 0) is 4.79 Å². The summed E-state index contributed by atoms with van der Waals surface area (Å²) >= 11 is 0. The second-order valence-electron chi connectivity index (χ2n) is 6.90. The van der Waals surface area contributed by atoms with E-state index in [1.165, 1.54) is 13.3 Å². The lowest BCUT2D eigenvalue weighted by atomic mass is 10.2. The standard InChI is InChI=1S/C24H24N4O4/c1-16-6-5-7-18(12-16)27-23(29)15-32-21-11-10-17(13-22(21)31-2)14-26-28-24(30)19-8-3-4-9-20(19)25/h3-14H,15,25H2,1-2H3,(H,27,29)(H,28,30)/b26-14+. The smallest absolute Gasteiger partial charge is 0.273 e. The number of nitrogens with one attached hydrogen (secondary N) is 2. The van der Waals surface area contributed by atoms with Crippen LogP contribution in [0, 0.1) is 6.92 Å². The number of nitrogens with two attached hydrogens (primary N) is 1. The second kappa shape index (κ2) is 10.6. The molecule has 8 nitrogen and oxygen atoms in total. The molecule has 0 bridgehead atoms. The van der Waals surface area contributed by atoms with E-state index in [9.17, 15) is 9.59 Å². The van der Waals surface area contributed by atoms with E-state index in [0.717, 1.165) is 5.56 Å². The summed E-state index contributed by atoms with van der Waals surface area (Å²) < 4.78 is 10.9. The van der Waals surface area contributed by atoms with Crippen molar-refractivity contribution in [2.45, 2.75) is 6.92 Å². The summed E-state index contributed by atoms with van der Waals surface area (Å²) in [6.07, 6.45) is 1.47. The summed E-state index contributed by atoms with van der Waals surface area (Å²) in [6.45, 7) is 1.77. The molecule has 0 saturated carbocycles. The van der Waals surface area contributed by atoms with Crippen LogP contribution in [0.1, 0.15) is 21.5 Å². The predicted octanol–water partition coefficient (Wildman–Crippen LogP) is 3.37. The molecule has 164 valence electrons. The molecule has 0 aliphatic carbocycles. The number of hydrogen-bond donors (Lipinski definition) is 3. The number of para-hydroxylation sites is 1. The van der Waals surface area contributed by atoms with Gasteiger partial charge in [-0.15, -0.1) is 0 Å². The highest BCUT2D eigenvalue weighted by molar-refractivity contribution is 5.99. The van der Waals surface area contributed by atoms with Gasteiger partial charge in [0.05, 0.1) is 18.9 Å². The first-order valence-electron chi connectivity index (χ1n) is 9.81. The number of hydrazone groups is 1. The van der Waals surface area contributed by atoms with Crippen molar-refractivity contribution in [1.29, 1.82) is 0 Å². The van der Waals surface area contributed by atoms with Crippen molar-refractivity contribution < 1.29 is 19.1 Å². The molecule has 0 spiro atoms. The zero-order valence-corrected chi connectivity index (χ0v) is 17.8. The van der Waals surface area contributed by atoms with E-state index in [-0.39, 0.29) is 12.5 Å². The fourth-order valence-corrected chi connectivity index (χ4v) is 2.88. The van der Waals surface area contributed by atoms with E-state index >= 15 is 0 Å². The Bertz CT molecular complexity index is 1140. The van der Waals surface area contributed by atoms with Crippen LogP contribution in [0.25, 0.3) is 0 Å². The Balaban J connectivity index is 1.58. The van der Waals surface area contributed by atoms with Gasteiger partial charge in [0.15, 0.2) is 18.1 Å². The Hall–Kier alpha value is -4.33. The van der Waals surface area contributed by atoms with E-state index in [1.807, 2.05) is 31.2 Å². The fourth-order valence-electron chi connectivity index (χ4n) is 2.88. The summed E-state index contributed by atoms with van der Waals surface area (Å²) in [5.41, 5.74) is 11.4. The molecule has 0 aromatic heterocycles. The molecule has 0 unspecified atom stereocenters. The molecule has 0 aliphatic heterocycles. The van der Waals surface area contributed by atoms with E-state index in [0.29, 0.717) is 34.0 Å². The maximum atomic E-state index is 12.2. The van der Waals surface area contributed by atoms with Crippen LogP contribution in [0.2, 0.25) is 0 Å². The first-order chi connectivity index (χ1) is 15.5. The summed E-state index contributed by atoms with van der Waals surface area (Å²) in [4.78, 5) is 24.3. The minimum Gasteiger partial charge on any atom is -0.493 e. The maximum Gasteiger partial charge on any atom is 0.273 e. The van der Waals surface area contributed by atoms with Crippen LogP contribution in [0.5, 0.6) is 11.5 Å². The van der Waals surface area contributed by atoms with E-state index in [1.54, 1.807) is 42.5 Å². The molecule has 0 aliphatic rings. The summed E-state index contributed by atoms with van der Waals surface area (Å²) in [7, 11) is 1.50. The van der Waals surface area contributed by atoms with Gasteiger partial charge < -0.3 is 20.5 Å². The molecule has 32 heavy (non-hydrogen) atoms. The number of aryl methyl sites for hydroxylation is 1. The van der Waals surface area contributed by atoms with Crippen molar-refractivity contribution in [3.63, 3.8) is 0 Å². The van der Waals surface area contributed by atoms with Gasteiger partial charge in [-0.05, 0) is 60.5 Å². The monoisotopic (exact) mass is 432 g/mol. The third kappa shape index (κ3) is 6.09. The average molecular weight is 432 g/mol. The number of carbonyl (C=O) groups is 2. The first-order valence-corrected chi connectivity index (χ1v) is 9.81. The predicted molar refractivity (Wildman–Crippen MR) is 124 cm³/mol. The summed E-state index contributed by atoms with van der Waals surface area (Å²) in [6, 6.07) is 19.3. The Labute approximate surface area is 186 Å². The Kier molecular flexibility index (Phi) is 7.42. The van der Waals surface area contributed by atoms with Gasteiger partial charge >= 0.3 is 0 Å². The summed E-state index contributed by atoms with van der Waals surface area (Å²) in [5, 5.41) is 6.73. The number of nitrogen functional groups attached to an aromatic ring is 1. The SMILES string of the molecule is COc1cc(/C=N/NC(=O)c2ccccc2N)ccc1OCC(=O)Nc1cccc(C)c1. The van der Waals surface area contributed by atoms with E-state index in [4.69, 9.17) is 15.2 Å². The quantitative estimate of drug-likeness (QED) is 0.287. The molecule has 3 rings (SSSR count). The third-order valence-electron chi connectivity index (χ3n) is 4.43. The Morgan fingerprint density at radius 2 is 1.84 bits per heavy atom. The number of benzene rings is 3. The van der Waals surface area contributed by atoms with Crippen LogP contribution in [0.3, 0.4) is 0 Å². The number of anilines is 2. The first kappa shape index (κ1) is 22.4. The normalized spacial score (nSPS) is 10.6. The number of ether oxygens (including phenoxy) is 2. The van der Waals surface area contributed by atoms with Crippen LogP contribution in [0.4, 0.5) is 11.4 Å². The van der Waals surface area contributed by atoms with Gasteiger partial charge in [-0.25, -0.2) is 5.43 Å². The van der Waals surface area contributed by atoms with Crippen molar-refractivity contribution in [2.24, 2.45) is 5.10 Å². The van der Waals surface area contributed by atoms with Gasteiger partial charge in [-0.3, -0.25) is 9.59 Å². The Morgan fingerprint density at radius 1 is 1.03 bits per heavy atom. The zero-order valence-electron chi connectivity index (χ0n) is 17.8. The zero-order chi connectivity index (χ0) is 22.9. The lowest BCUT2D eigenvalue weighted by molar-refractivity contribution is -0.118. The highest BCUT2D eigenvalue weighted by atomic mass is 16.5. The molecule has 0 heterocycles. The lowest BCUT2D eigenvalue weighted by Gasteiger charge is -2.11. The molecule has 0 radical (unpaired) electrons. The van der Waals surface area contributed by atoms with Gasteiger partial charge in [-0.1, -0.05) is 24.3 Å². The number of nitrogens with zero attached hydrogens (tertiary/aromatic N) is 1. The van der Waals surface area contributed by atoms with Crippen molar-refractivity contribution >= 4 is 29.4 Å². The number of methoxy groups -OCH3 is 1. The summed E-state index contributed by atoms with van der Waals surface area (Å²) in [5.74, 6) is 0.137. The largest absolute Gasteiger partial charge is 0.493 e. The van der Waals surface area contributed by atoms with Crippen LogP contribution < -0.4 is 25.9 Å². The van der Waals surface area contributed by atoms with Crippen molar-refractivity contribution in [3.05, 3.63) is 83.4 Å². The maximum absolute atomic E-state index is 12.2. The van der Waals surface area contributed by atoms with Gasteiger partial charge in [0.2, 0.25) is 0 Å². The van der Waals surface area contributed by atoms with Gasteiger partial charge in [-0.2, -0.15) is 5.10 Å². The molecule has 3 aromatic rings. The van der Waals surface area contributed by atoms with Crippen LogP contribution in [0.15, 0.2) is 71.8 Å². The molecule has 8 heteroatoms. The molecular weight excluding hydrogens is 408 g/mol. The molecular formula is C24H24N4O4.